The third-order valence-electron chi connectivity index (χ3n) is 4.99. The molecule has 3 nitrogen and oxygen atoms in total. The van der Waals surface area contributed by atoms with Crippen LogP contribution in [0, 0.1) is 5.82 Å². The van der Waals surface area contributed by atoms with Gasteiger partial charge < -0.3 is 9.47 Å². The molecule has 0 bridgehead atoms. The number of benzene rings is 2. The SMILES string of the molecule is C=CCN(Cc1cccn1Cc1cccc(F)c1)C(=O)c1cc(C(F)(F)F)cc(C(F)(F)F)c1. The Hall–Kier alpha value is -3.56. The third-order valence-corrected chi connectivity index (χ3v) is 4.99. The monoisotopic (exact) mass is 484 g/mol. The van der Waals surface area contributed by atoms with Gasteiger partial charge in [-0.25, -0.2) is 4.39 Å². The zero-order valence-electron chi connectivity index (χ0n) is 17.6. The molecule has 0 radical (unpaired) electrons. The highest BCUT2D eigenvalue weighted by Gasteiger charge is 2.38. The molecule has 0 fully saturated rings. The van der Waals surface area contributed by atoms with Crippen molar-refractivity contribution in [2.24, 2.45) is 0 Å². The number of aromatic nitrogens is 1. The maximum absolute atomic E-state index is 13.5. The maximum atomic E-state index is 13.5. The summed E-state index contributed by atoms with van der Waals surface area (Å²) in [6, 6.07) is 9.94. The van der Waals surface area contributed by atoms with E-state index < -0.39 is 40.8 Å². The van der Waals surface area contributed by atoms with Crippen LogP contribution in [-0.4, -0.2) is 21.9 Å². The van der Waals surface area contributed by atoms with Crippen molar-refractivity contribution < 1.29 is 35.5 Å². The summed E-state index contributed by atoms with van der Waals surface area (Å²) in [6.45, 7) is 3.52. The molecule has 0 spiro atoms. The molecule has 0 unspecified atom stereocenters. The molecule has 3 aromatic rings. The van der Waals surface area contributed by atoms with Crippen LogP contribution in [-0.2, 0) is 25.4 Å². The minimum absolute atomic E-state index is 0.0290. The van der Waals surface area contributed by atoms with Crippen molar-refractivity contribution in [3.8, 4) is 0 Å². The zero-order valence-corrected chi connectivity index (χ0v) is 17.6. The molecular weight excluding hydrogens is 465 g/mol. The highest BCUT2D eigenvalue weighted by molar-refractivity contribution is 5.94. The van der Waals surface area contributed by atoms with E-state index in [9.17, 15) is 35.5 Å². The van der Waals surface area contributed by atoms with Gasteiger partial charge >= 0.3 is 12.4 Å². The van der Waals surface area contributed by atoms with Gasteiger partial charge in [0, 0.05) is 30.5 Å². The predicted molar refractivity (Wildman–Crippen MR) is 111 cm³/mol. The Morgan fingerprint density at radius 2 is 1.59 bits per heavy atom. The molecule has 2 aromatic carbocycles. The van der Waals surface area contributed by atoms with Crippen LogP contribution in [0.5, 0.6) is 0 Å². The average Bonchev–Trinajstić information content (AvgIpc) is 3.18. The van der Waals surface area contributed by atoms with Gasteiger partial charge in [-0.05, 0) is 48.0 Å². The van der Waals surface area contributed by atoms with E-state index in [0.29, 0.717) is 23.4 Å². The molecule has 10 heteroatoms. The van der Waals surface area contributed by atoms with Crippen molar-refractivity contribution in [3.05, 3.63) is 107 Å². The number of hydrogen-bond acceptors (Lipinski definition) is 1. The van der Waals surface area contributed by atoms with Gasteiger partial charge in [0.15, 0.2) is 0 Å². The van der Waals surface area contributed by atoms with Crippen molar-refractivity contribution in [1.82, 2.24) is 9.47 Å². The molecule has 1 heterocycles. The number of alkyl halides is 6. The second-order valence-electron chi connectivity index (χ2n) is 7.53. The summed E-state index contributed by atoms with van der Waals surface area (Å²) in [5.41, 5.74) is -2.71. The van der Waals surface area contributed by atoms with E-state index in [0.717, 1.165) is 4.90 Å². The van der Waals surface area contributed by atoms with Crippen LogP contribution in [0.3, 0.4) is 0 Å². The first-order valence-electron chi connectivity index (χ1n) is 9.96. The molecule has 0 saturated heterocycles. The third kappa shape index (κ3) is 6.06. The number of carbonyl (C=O) groups excluding carboxylic acids is 1. The molecule has 3 rings (SSSR count). The van der Waals surface area contributed by atoms with Gasteiger partial charge in [-0.3, -0.25) is 4.79 Å². The maximum Gasteiger partial charge on any atom is 0.416 e. The van der Waals surface area contributed by atoms with Crippen LogP contribution in [0.1, 0.15) is 32.7 Å². The van der Waals surface area contributed by atoms with Crippen molar-refractivity contribution in [1.29, 1.82) is 0 Å². The number of carbonyl (C=O) groups is 1. The normalized spacial score (nSPS) is 12.0. The molecule has 0 atom stereocenters. The minimum Gasteiger partial charge on any atom is -0.345 e. The Morgan fingerprint density at radius 1 is 0.941 bits per heavy atom. The van der Waals surface area contributed by atoms with E-state index in [1.807, 2.05) is 0 Å². The highest BCUT2D eigenvalue weighted by atomic mass is 19.4. The summed E-state index contributed by atoms with van der Waals surface area (Å²) in [6.07, 6.45) is -7.16. The Morgan fingerprint density at radius 3 is 2.15 bits per heavy atom. The zero-order chi connectivity index (χ0) is 25.1. The van der Waals surface area contributed by atoms with Gasteiger partial charge in [-0.15, -0.1) is 6.58 Å². The molecule has 0 saturated carbocycles. The van der Waals surface area contributed by atoms with Crippen LogP contribution in [0.25, 0.3) is 0 Å². The molecule has 0 aliphatic carbocycles. The number of halogens is 7. The van der Waals surface area contributed by atoms with Crippen LogP contribution in [0.2, 0.25) is 0 Å². The minimum atomic E-state index is -5.07. The largest absolute Gasteiger partial charge is 0.416 e. The molecule has 0 aliphatic heterocycles. The van der Waals surface area contributed by atoms with Crippen molar-refractivity contribution in [2.75, 3.05) is 6.54 Å². The van der Waals surface area contributed by atoms with Crippen LogP contribution in [0.4, 0.5) is 30.7 Å². The molecule has 1 amide bonds. The molecule has 0 N–H and O–H groups in total. The molecule has 0 aliphatic rings. The fraction of sp³-hybridized carbons (Fsp3) is 0.208. The average molecular weight is 484 g/mol. The van der Waals surface area contributed by atoms with E-state index in [-0.39, 0.29) is 25.7 Å². The number of rotatable bonds is 7. The smallest absolute Gasteiger partial charge is 0.345 e. The van der Waals surface area contributed by atoms with Gasteiger partial charge in [0.25, 0.3) is 5.91 Å². The van der Waals surface area contributed by atoms with E-state index in [1.165, 1.54) is 24.3 Å². The number of nitrogens with zero attached hydrogens (tertiary/aromatic N) is 2. The Bertz CT molecular complexity index is 1150. The van der Waals surface area contributed by atoms with Gasteiger partial charge in [-0.1, -0.05) is 18.2 Å². The van der Waals surface area contributed by atoms with Crippen molar-refractivity contribution in [3.63, 3.8) is 0 Å². The van der Waals surface area contributed by atoms with Crippen molar-refractivity contribution in [2.45, 2.75) is 25.4 Å². The van der Waals surface area contributed by atoms with Crippen LogP contribution >= 0.6 is 0 Å². The van der Waals surface area contributed by atoms with E-state index in [2.05, 4.69) is 6.58 Å². The van der Waals surface area contributed by atoms with E-state index >= 15 is 0 Å². The quantitative estimate of drug-likeness (QED) is 0.276. The fourth-order valence-corrected chi connectivity index (χ4v) is 3.41. The molecule has 1 aromatic heterocycles. The van der Waals surface area contributed by atoms with Gasteiger partial charge in [0.1, 0.15) is 5.82 Å². The standard InChI is InChI=1S/C24H19F7N2O/c1-2-8-33(15-21-7-4-9-32(21)14-16-5-3-6-20(25)10-16)22(34)17-11-18(23(26,27)28)13-19(12-17)24(29,30)31/h2-7,9-13H,1,8,14-15H2. The Labute approximate surface area is 190 Å². The Balaban J connectivity index is 1.93. The lowest BCUT2D eigenvalue weighted by Crippen LogP contribution is -2.32. The fourth-order valence-electron chi connectivity index (χ4n) is 3.41. The van der Waals surface area contributed by atoms with E-state index in [1.54, 1.807) is 29.0 Å². The van der Waals surface area contributed by atoms with Gasteiger partial charge in [0.2, 0.25) is 0 Å². The summed E-state index contributed by atoms with van der Waals surface area (Å²) in [5, 5.41) is 0. The summed E-state index contributed by atoms with van der Waals surface area (Å²) in [4.78, 5) is 14.1. The Kier molecular flexibility index (Phi) is 7.18. The first-order valence-corrected chi connectivity index (χ1v) is 9.96. The summed E-state index contributed by atoms with van der Waals surface area (Å²) in [7, 11) is 0. The van der Waals surface area contributed by atoms with Gasteiger partial charge in [0.05, 0.1) is 17.7 Å². The van der Waals surface area contributed by atoms with Crippen molar-refractivity contribution >= 4 is 5.91 Å². The lowest BCUT2D eigenvalue weighted by molar-refractivity contribution is -0.143. The summed E-state index contributed by atoms with van der Waals surface area (Å²) in [5.74, 6) is -1.45. The van der Waals surface area contributed by atoms with Gasteiger partial charge in [-0.2, -0.15) is 26.3 Å². The molecule has 34 heavy (non-hydrogen) atoms. The van der Waals surface area contributed by atoms with Crippen LogP contribution < -0.4 is 0 Å². The second kappa shape index (κ2) is 9.74. The number of hydrogen-bond donors (Lipinski definition) is 0. The first kappa shape index (κ1) is 25.1. The summed E-state index contributed by atoms with van der Waals surface area (Å²) >= 11 is 0. The topological polar surface area (TPSA) is 25.2 Å². The van der Waals surface area contributed by atoms with Crippen LogP contribution in [0.15, 0.2) is 73.4 Å². The molecular formula is C24H19F7N2O. The lowest BCUT2D eigenvalue weighted by Gasteiger charge is -2.23. The lowest BCUT2D eigenvalue weighted by atomic mass is 10.0. The number of amides is 1. The molecule has 180 valence electrons. The predicted octanol–water partition coefficient (Wildman–Crippen LogP) is 6.54. The second-order valence-corrected chi connectivity index (χ2v) is 7.53. The summed E-state index contributed by atoms with van der Waals surface area (Å²) < 4.78 is 94.4. The van der Waals surface area contributed by atoms with E-state index in [4.69, 9.17) is 0 Å². The first-order chi connectivity index (χ1) is 15.9. The highest BCUT2D eigenvalue weighted by Crippen LogP contribution is 2.36.